The van der Waals surface area contributed by atoms with Crippen molar-refractivity contribution in [1.29, 1.82) is 0 Å². The number of phenolic OH excluding ortho intramolecular Hbond substituents is 1. The fraction of sp³-hybridized carbons (Fsp3) is 0.273. The lowest BCUT2D eigenvalue weighted by Crippen LogP contribution is -2.60. The molecule has 6 unspecified atom stereocenters. The Kier molecular flexibility index (Phi) is 6.52. The summed E-state index contributed by atoms with van der Waals surface area (Å²) in [5.74, 6) is -6.71. The molecule has 0 aromatic heterocycles. The molecule has 7 nitrogen and oxygen atoms in total. The van der Waals surface area contributed by atoms with Gasteiger partial charge in [-0.1, -0.05) is 41.4 Å². The number of amides is 4. The fourth-order valence-corrected chi connectivity index (χ4v) is 8.56. The van der Waals surface area contributed by atoms with Crippen LogP contribution in [0, 0.1) is 30.5 Å². The number of imide groups is 2. The lowest BCUT2D eigenvalue weighted by Gasteiger charge is -2.50. The van der Waals surface area contributed by atoms with E-state index in [1.807, 2.05) is 0 Å². The van der Waals surface area contributed by atoms with Gasteiger partial charge in [-0.15, -0.1) is 23.2 Å². The highest BCUT2D eigenvalue weighted by Gasteiger charge is 2.77. The quantitative estimate of drug-likeness (QED) is 0.205. The van der Waals surface area contributed by atoms with Gasteiger partial charge in [-0.05, 0) is 79.8 Å². The Labute approximate surface area is 266 Å². The average Bonchev–Trinajstić information content (AvgIpc) is 3.34. The van der Waals surface area contributed by atoms with Gasteiger partial charge in [0.15, 0.2) is 9.75 Å². The Hall–Kier alpha value is -3.72. The van der Waals surface area contributed by atoms with Gasteiger partial charge in [-0.25, -0.2) is 9.29 Å². The van der Waals surface area contributed by atoms with Crippen molar-refractivity contribution in [2.45, 2.75) is 35.4 Å². The van der Waals surface area contributed by atoms with Crippen molar-refractivity contribution in [3.63, 3.8) is 0 Å². The van der Waals surface area contributed by atoms with E-state index >= 15 is 0 Å². The van der Waals surface area contributed by atoms with E-state index in [2.05, 4.69) is 0 Å². The summed E-state index contributed by atoms with van der Waals surface area (Å²) in [4.78, 5) is 54.2. The highest BCUT2D eigenvalue weighted by molar-refractivity contribution is 6.58. The van der Waals surface area contributed by atoms with E-state index in [9.17, 15) is 28.7 Å². The van der Waals surface area contributed by atoms with E-state index in [-0.39, 0.29) is 35.7 Å². The molecular formula is C33H24Cl3FN2O5. The van der Waals surface area contributed by atoms with E-state index in [4.69, 9.17) is 34.8 Å². The molecule has 2 aliphatic carbocycles. The number of hydrogen-bond acceptors (Lipinski definition) is 5. The second kappa shape index (κ2) is 9.89. The molecule has 4 amide bonds. The molecule has 3 aromatic rings. The third kappa shape index (κ3) is 3.74. The topological polar surface area (TPSA) is 95.0 Å². The number of hydrogen-bond donors (Lipinski definition) is 1. The third-order valence-electron chi connectivity index (χ3n) is 9.56. The van der Waals surface area contributed by atoms with Gasteiger partial charge in [0.2, 0.25) is 11.8 Å². The largest absolute Gasteiger partial charge is 0.507 e. The summed E-state index contributed by atoms with van der Waals surface area (Å²) in [6.07, 6.45) is 1.76. The second-order valence-corrected chi connectivity index (χ2v) is 13.4. The Morgan fingerprint density at radius 1 is 0.841 bits per heavy atom. The lowest BCUT2D eigenvalue weighted by atomic mass is 9.56. The van der Waals surface area contributed by atoms with Crippen molar-refractivity contribution in [1.82, 2.24) is 0 Å². The number of fused-ring (bicyclic) bond motifs is 4. The molecule has 0 radical (unpaired) electrons. The summed E-state index contributed by atoms with van der Waals surface area (Å²) in [7, 11) is 0. The zero-order chi connectivity index (χ0) is 31.3. The molecule has 7 rings (SSSR count). The van der Waals surface area contributed by atoms with Crippen molar-refractivity contribution in [2.75, 3.05) is 9.80 Å². The molecule has 3 fully saturated rings. The summed E-state index contributed by atoms with van der Waals surface area (Å²) in [5.41, 5.74) is 1.78. The number of aromatic hydroxyl groups is 1. The smallest absolute Gasteiger partial charge is 0.258 e. The molecular weight excluding hydrogens is 630 g/mol. The number of carbonyl (C=O) groups is 4. The van der Waals surface area contributed by atoms with Gasteiger partial charge in [0.05, 0.1) is 23.2 Å². The molecule has 3 aromatic carbocycles. The lowest BCUT2D eigenvalue weighted by molar-refractivity contribution is -0.125. The monoisotopic (exact) mass is 652 g/mol. The zero-order valence-electron chi connectivity index (χ0n) is 23.1. The maximum absolute atomic E-state index is 14.4. The van der Waals surface area contributed by atoms with Gasteiger partial charge in [0.1, 0.15) is 11.6 Å². The fourth-order valence-electron chi connectivity index (χ4n) is 7.50. The van der Waals surface area contributed by atoms with Gasteiger partial charge < -0.3 is 5.11 Å². The summed E-state index contributed by atoms with van der Waals surface area (Å²) in [6.45, 7) is 1.69. The summed E-state index contributed by atoms with van der Waals surface area (Å²) < 4.78 is 13.8. The molecule has 2 aliphatic heterocycles. The Balaban J connectivity index is 1.41. The van der Waals surface area contributed by atoms with Crippen molar-refractivity contribution >= 4 is 69.8 Å². The van der Waals surface area contributed by atoms with Crippen LogP contribution >= 0.6 is 34.8 Å². The first-order valence-corrected chi connectivity index (χ1v) is 15.2. The number of carbonyl (C=O) groups excluding carboxylic acids is 4. The minimum Gasteiger partial charge on any atom is -0.507 e. The van der Waals surface area contributed by atoms with Crippen molar-refractivity contribution in [3.8, 4) is 5.75 Å². The molecule has 2 heterocycles. The molecule has 4 aliphatic rings. The molecule has 2 saturated heterocycles. The maximum Gasteiger partial charge on any atom is 0.258 e. The summed E-state index contributed by atoms with van der Waals surface area (Å²) in [5, 5.41) is 11.7. The molecule has 1 N–H and O–H groups in total. The van der Waals surface area contributed by atoms with Crippen LogP contribution in [0.3, 0.4) is 0 Å². The number of rotatable bonds is 3. The van der Waals surface area contributed by atoms with E-state index < -0.39 is 57.0 Å². The van der Waals surface area contributed by atoms with Gasteiger partial charge in [0, 0.05) is 16.5 Å². The first-order valence-electron chi connectivity index (χ1n) is 14.0. The van der Waals surface area contributed by atoms with Crippen LogP contribution < -0.4 is 9.80 Å². The number of nitrogens with zero attached hydrogens (tertiary/aromatic N) is 2. The predicted octanol–water partition coefficient (Wildman–Crippen LogP) is 6.26. The Morgan fingerprint density at radius 3 is 2.16 bits per heavy atom. The molecule has 0 spiro atoms. The molecule has 11 heteroatoms. The molecule has 6 atom stereocenters. The normalized spacial score (nSPS) is 31.2. The van der Waals surface area contributed by atoms with Gasteiger partial charge in [-0.2, -0.15) is 0 Å². The minimum absolute atomic E-state index is 0.0823. The number of benzene rings is 3. The summed E-state index contributed by atoms with van der Waals surface area (Å²) >= 11 is 20.7. The van der Waals surface area contributed by atoms with Crippen LogP contribution in [0.25, 0.3) is 0 Å². The number of phenols is 1. The van der Waals surface area contributed by atoms with Crippen LogP contribution in [-0.2, 0) is 19.2 Å². The van der Waals surface area contributed by atoms with E-state index in [1.54, 1.807) is 55.5 Å². The van der Waals surface area contributed by atoms with Crippen LogP contribution in [0.5, 0.6) is 5.75 Å². The van der Waals surface area contributed by atoms with Crippen LogP contribution in [0.4, 0.5) is 15.8 Å². The first-order chi connectivity index (χ1) is 20.9. The number of alkyl halides is 2. The zero-order valence-corrected chi connectivity index (χ0v) is 25.4. The highest BCUT2D eigenvalue weighted by Crippen LogP contribution is 2.66. The minimum atomic E-state index is -2.12. The van der Waals surface area contributed by atoms with Crippen molar-refractivity contribution < 1.29 is 28.7 Å². The van der Waals surface area contributed by atoms with Crippen LogP contribution in [0.15, 0.2) is 78.4 Å². The maximum atomic E-state index is 14.4. The van der Waals surface area contributed by atoms with Crippen LogP contribution in [0.1, 0.15) is 29.9 Å². The average molecular weight is 654 g/mol. The molecule has 224 valence electrons. The third-order valence-corrected chi connectivity index (χ3v) is 11.2. The number of aryl methyl sites for hydroxylation is 1. The Bertz CT molecular complexity index is 1810. The SMILES string of the molecule is Cc1cccc(C2C3=CCC4C(=O)N(c5ccc(Cl)cc5)C(=O)C4C3CC3(Cl)C(=O)N(c4ccc(F)cc4)C(=O)C23Cl)c1O. The summed E-state index contributed by atoms with van der Waals surface area (Å²) in [6, 6.07) is 16.2. The Morgan fingerprint density at radius 2 is 1.48 bits per heavy atom. The van der Waals surface area contributed by atoms with Crippen molar-refractivity contribution in [2.24, 2.45) is 17.8 Å². The highest BCUT2D eigenvalue weighted by atomic mass is 35.5. The van der Waals surface area contributed by atoms with E-state index in [0.29, 0.717) is 21.8 Å². The number of anilines is 2. The standard InChI is InChI=1S/C33H24Cl3FN2O5/c1-16-3-2-4-23(27(16)40)26-21-13-14-22-25(29(42)38(28(22)41)19-9-5-17(34)6-10-19)24(21)15-32(35)30(43)39(31(44)33(26,32)36)20-11-7-18(37)8-12-20/h2-13,22,24-26,40H,14-15H2,1H3. The predicted molar refractivity (Wildman–Crippen MR) is 163 cm³/mol. The first kappa shape index (κ1) is 29.0. The van der Waals surface area contributed by atoms with Crippen LogP contribution in [0.2, 0.25) is 5.02 Å². The number of allylic oxidation sites excluding steroid dienone is 2. The molecule has 44 heavy (non-hydrogen) atoms. The number of para-hydroxylation sites is 1. The van der Waals surface area contributed by atoms with E-state index in [1.165, 1.54) is 12.1 Å². The molecule has 0 bridgehead atoms. The van der Waals surface area contributed by atoms with Gasteiger partial charge >= 0.3 is 0 Å². The molecule has 1 saturated carbocycles. The van der Waals surface area contributed by atoms with Gasteiger partial charge in [-0.3, -0.25) is 24.1 Å². The van der Waals surface area contributed by atoms with Crippen molar-refractivity contribution in [3.05, 3.63) is 100 Å². The number of halogens is 4. The van der Waals surface area contributed by atoms with Crippen LogP contribution in [-0.4, -0.2) is 38.5 Å². The van der Waals surface area contributed by atoms with E-state index in [0.717, 1.165) is 21.9 Å². The van der Waals surface area contributed by atoms with Gasteiger partial charge in [0.25, 0.3) is 11.8 Å². The second-order valence-electron chi connectivity index (χ2n) is 11.8.